The van der Waals surface area contributed by atoms with Gasteiger partial charge in [-0.05, 0) is 43.3 Å². The number of methoxy groups -OCH3 is 3. The summed E-state index contributed by atoms with van der Waals surface area (Å²) in [4.78, 5) is 12.3. The van der Waals surface area contributed by atoms with Crippen molar-refractivity contribution in [3.8, 4) is 23.0 Å². The van der Waals surface area contributed by atoms with Gasteiger partial charge < -0.3 is 24.3 Å². The van der Waals surface area contributed by atoms with E-state index >= 15 is 0 Å². The molecule has 0 saturated heterocycles. The number of amides is 1. The van der Waals surface area contributed by atoms with E-state index in [0.717, 1.165) is 5.75 Å². The Bertz CT molecular complexity index is 684. The molecule has 24 heavy (non-hydrogen) atoms. The van der Waals surface area contributed by atoms with Gasteiger partial charge in [0.25, 0.3) is 5.91 Å². The fraction of sp³-hybridized carbons (Fsp3) is 0.278. The molecule has 0 unspecified atom stereocenters. The van der Waals surface area contributed by atoms with Crippen molar-refractivity contribution in [2.75, 3.05) is 26.6 Å². The SMILES string of the molecule is COc1ccc(O[C@@H](C)C(=O)Nc2ccc(OC)c(OC)c2)cc1. The molecule has 2 aromatic rings. The number of hydrogen-bond acceptors (Lipinski definition) is 5. The Balaban J connectivity index is 2.00. The molecule has 0 aromatic heterocycles. The van der Waals surface area contributed by atoms with E-state index in [1.165, 1.54) is 0 Å². The first-order chi connectivity index (χ1) is 11.6. The molecule has 1 amide bonds. The topological polar surface area (TPSA) is 66.0 Å². The normalized spacial score (nSPS) is 11.3. The van der Waals surface area contributed by atoms with Gasteiger partial charge in [-0.25, -0.2) is 0 Å². The summed E-state index contributed by atoms with van der Waals surface area (Å²) in [6.07, 6.45) is -0.661. The zero-order chi connectivity index (χ0) is 17.5. The summed E-state index contributed by atoms with van der Waals surface area (Å²) < 4.78 is 21.1. The highest BCUT2D eigenvalue weighted by atomic mass is 16.5. The van der Waals surface area contributed by atoms with E-state index in [4.69, 9.17) is 18.9 Å². The Morgan fingerprint density at radius 2 is 1.50 bits per heavy atom. The maximum atomic E-state index is 12.3. The van der Waals surface area contributed by atoms with Gasteiger partial charge in [0.05, 0.1) is 21.3 Å². The molecule has 0 saturated carbocycles. The van der Waals surface area contributed by atoms with Crippen LogP contribution in [0.5, 0.6) is 23.0 Å². The number of hydrogen-bond donors (Lipinski definition) is 1. The largest absolute Gasteiger partial charge is 0.497 e. The Kier molecular flexibility index (Phi) is 5.89. The molecule has 0 aliphatic rings. The summed E-state index contributed by atoms with van der Waals surface area (Å²) in [5.41, 5.74) is 0.600. The van der Waals surface area contributed by atoms with Gasteiger partial charge in [0.15, 0.2) is 17.6 Å². The molecule has 128 valence electrons. The van der Waals surface area contributed by atoms with Gasteiger partial charge in [0.2, 0.25) is 0 Å². The first-order valence-corrected chi connectivity index (χ1v) is 7.41. The van der Waals surface area contributed by atoms with Gasteiger partial charge >= 0.3 is 0 Å². The molecule has 2 aromatic carbocycles. The number of carbonyl (C=O) groups excluding carboxylic acids is 1. The molecule has 0 fully saturated rings. The van der Waals surface area contributed by atoms with E-state index in [9.17, 15) is 4.79 Å². The number of anilines is 1. The first kappa shape index (κ1) is 17.5. The highest BCUT2D eigenvalue weighted by Crippen LogP contribution is 2.29. The lowest BCUT2D eigenvalue weighted by atomic mass is 10.2. The molecule has 2 rings (SSSR count). The standard InChI is InChI=1S/C18H21NO5/c1-12(24-15-8-6-14(21-2)7-9-15)18(20)19-13-5-10-16(22-3)17(11-13)23-4/h5-12H,1-4H3,(H,19,20)/t12-/m0/s1. The van der Waals surface area contributed by atoms with E-state index in [1.54, 1.807) is 70.7 Å². The van der Waals surface area contributed by atoms with Crippen LogP contribution in [0.15, 0.2) is 42.5 Å². The maximum absolute atomic E-state index is 12.3. The van der Waals surface area contributed by atoms with Crippen LogP contribution < -0.4 is 24.3 Å². The molecule has 0 spiro atoms. The molecule has 6 nitrogen and oxygen atoms in total. The molecule has 1 atom stereocenters. The van der Waals surface area contributed by atoms with E-state index in [2.05, 4.69) is 5.32 Å². The molecule has 0 radical (unpaired) electrons. The summed E-state index contributed by atoms with van der Waals surface area (Å²) in [6, 6.07) is 12.2. The number of ether oxygens (including phenoxy) is 4. The fourth-order valence-electron chi connectivity index (χ4n) is 2.07. The Hall–Kier alpha value is -2.89. The second kappa shape index (κ2) is 8.10. The van der Waals surface area contributed by atoms with Crippen molar-refractivity contribution in [2.45, 2.75) is 13.0 Å². The third kappa shape index (κ3) is 4.32. The fourth-order valence-corrected chi connectivity index (χ4v) is 2.07. The van der Waals surface area contributed by atoms with E-state index in [1.807, 2.05) is 0 Å². The minimum absolute atomic E-state index is 0.266. The minimum Gasteiger partial charge on any atom is -0.497 e. The van der Waals surface area contributed by atoms with E-state index < -0.39 is 6.10 Å². The average Bonchev–Trinajstić information content (AvgIpc) is 2.62. The minimum atomic E-state index is -0.661. The van der Waals surface area contributed by atoms with Crippen molar-refractivity contribution in [3.63, 3.8) is 0 Å². The average molecular weight is 331 g/mol. The second-order valence-electron chi connectivity index (χ2n) is 4.99. The highest BCUT2D eigenvalue weighted by molar-refractivity contribution is 5.94. The van der Waals surface area contributed by atoms with Crippen molar-refractivity contribution in [3.05, 3.63) is 42.5 Å². The number of benzene rings is 2. The maximum Gasteiger partial charge on any atom is 0.265 e. The number of carbonyl (C=O) groups is 1. The van der Waals surface area contributed by atoms with Gasteiger partial charge in [-0.2, -0.15) is 0 Å². The van der Waals surface area contributed by atoms with Crippen LogP contribution in [0.1, 0.15) is 6.92 Å². The van der Waals surface area contributed by atoms with Gasteiger partial charge in [0, 0.05) is 11.8 Å². The molecule has 6 heteroatoms. The van der Waals surface area contributed by atoms with Gasteiger partial charge in [-0.15, -0.1) is 0 Å². The second-order valence-corrected chi connectivity index (χ2v) is 4.99. The zero-order valence-corrected chi connectivity index (χ0v) is 14.2. The summed E-state index contributed by atoms with van der Waals surface area (Å²) in [5.74, 6) is 2.19. The molecular formula is C18H21NO5. The van der Waals surface area contributed by atoms with Crippen molar-refractivity contribution in [1.29, 1.82) is 0 Å². The third-order valence-corrected chi connectivity index (χ3v) is 3.39. The molecule has 1 N–H and O–H groups in total. The molecule has 0 bridgehead atoms. The van der Waals surface area contributed by atoms with Crippen LogP contribution in [0.3, 0.4) is 0 Å². The predicted molar refractivity (Wildman–Crippen MR) is 91.3 cm³/mol. The Morgan fingerprint density at radius 1 is 0.875 bits per heavy atom. The lowest BCUT2D eigenvalue weighted by Gasteiger charge is -2.16. The van der Waals surface area contributed by atoms with Crippen molar-refractivity contribution < 1.29 is 23.7 Å². The molecule has 0 aliphatic carbocycles. The Labute approximate surface area is 141 Å². The quantitative estimate of drug-likeness (QED) is 0.844. The number of rotatable bonds is 7. The van der Waals surface area contributed by atoms with E-state index in [0.29, 0.717) is 22.9 Å². The van der Waals surface area contributed by atoms with Crippen LogP contribution in [0.25, 0.3) is 0 Å². The zero-order valence-electron chi connectivity index (χ0n) is 14.2. The monoisotopic (exact) mass is 331 g/mol. The van der Waals surface area contributed by atoms with E-state index in [-0.39, 0.29) is 5.91 Å². The van der Waals surface area contributed by atoms with Gasteiger partial charge in [0.1, 0.15) is 11.5 Å². The van der Waals surface area contributed by atoms with Crippen LogP contribution in [0, 0.1) is 0 Å². The summed E-state index contributed by atoms with van der Waals surface area (Å²) in [6.45, 7) is 1.68. The van der Waals surface area contributed by atoms with Crippen LogP contribution >= 0.6 is 0 Å². The molecule has 0 heterocycles. The highest BCUT2D eigenvalue weighted by Gasteiger charge is 2.16. The number of nitrogens with one attached hydrogen (secondary N) is 1. The molecular weight excluding hydrogens is 310 g/mol. The van der Waals surface area contributed by atoms with Crippen LogP contribution in [0.4, 0.5) is 5.69 Å². The first-order valence-electron chi connectivity index (χ1n) is 7.41. The van der Waals surface area contributed by atoms with Crippen LogP contribution in [-0.2, 0) is 4.79 Å². The molecule has 0 aliphatic heterocycles. The predicted octanol–water partition coefficient (Wildman–Crippen LogP) is 3.12. The van der Waals surface area contributed by atoms with Crippen molar-refractivity contribution in [1.82, 2.24) is 0 Å². The van der Waals surface area contributed by atoms with Gasteiger partial charge in [-0.3, -0.25) is 4.79 Å². The summed E-state index contributed by atoms with van der Waals surface area (Å²) in [7, 11) is 4.69. The summed E-state index contributed by atoms with van der Waals surface area (Å²) >= 11 is 0. The van der Waals surface area contributed by atoms with Gasteiger partial charge in [-0.1, -0.05) is 0 Å². The van der Waals surface area contributed by atoms with Crippen molar-refractivity contribution in [2.24, 2.45) is 0 Å². The lowest BCUT2D eigenvalue weighted by Crippen LogP contribution is -2.30. The van der Waals surface area contributed by atoms with Crippen LogP contribution in [0.2, 0.25) is 0 Å². The Morgan fingerprint density at radius 3 is 2.08 bits per heavy atom. The summed E-state index contributed by atoms with van der Waals surface area (Å²) in [5, 5.41) is 2.79. The smallest absolute Gasteiger partial charge is 0.265 e. The lowest BCUT2D eigenvalue weighted by molar-refractivity contribution is -0.122. The van der Waals surface area contributed by atoms with Crippen LogP contribution in [-0.4, -0.2) is 33.3 Å². The third-order valence-electron chi connectivity index (χ3n) is 3.39. The van der Waals surface area contributed by atoms with Crippen molar-refractivity contribution >= 4 is 11.6 Å².